The maximum Gasteiger partial charge on any atom is 0.267 e. The van der Waals surface area contributed by atoms with Gasteiger partial charge in [0.05, 0.1) is 0 Å². The second-order valence-corrected chi connectivity index (χ2v) is 4.80. The molecule has 5 heteroatoms. The number of aromatic nitrogens is 1. The number of carbonyl (C=O) groups is 1. The monoisotopic (exact) mass is 292 g/mol. The first-order chi connectivity index (χ1) is 10.6. The molecule has 1 aromatic carbocycles. The standard InChI is InChI=1S/C17H16N4O/c1-12-6-8-15(9-7-12)21-17(22)14(10-18)11-19-16-5-3-4-13(2)20-16/h3-9,11H,1-2H3,(H,19,20)(H,21,22)/b14-11-. The lowest BCUT2D eigenvalue weighted by molar-refractivity contribution is -0.112. The van der Waals surface area contributed by atoms with Crippen LogP contribution in [0.15, 0.2) is 54.2 Å². The van der Waals surface area contributed by atoms with Crippen LogP contribution >= 0.6 is 0 Å². The highest BCUT2D eigenvalue weighted by molar-refractivity contribution is 6.06. The third-order valence-corrected chi connectivity index (χ3v) is 2.93. The number of amides is 1. The first kappa shape index (κ1) is 15.3. The van der Waals surface area contributed by atoms with Gasteiger partial charge in [-0.15, -0.1) is 0 Å². The highest BCUT2D eigenvalue weighted by atomic mass is 16.1. The number of carbonyl (C=O) groups excluding carboxylic acids is 1. The Balaban J connectivity index is 2.07. The second kappa shape index (κ2) is 7.04. The Labute approximate surface area is 129 Å². The van der Waals surface area contributed by atoms with Gasteiger partial charge in [-0.05, 0) is 38.1 Å². The van der Waals surface area contributed by atoms with Crippen molar-refractivity contribution in [3.05, 3.63) is 65.5 Å². The Hall–Kier alpha value is -3.13. The van der Waals surface area contributed by atoms with Gasteiger partial charge in [-0.25, -0.2) is 4.98 Å². The summed E-state index contributed by atoms with van der Waals surface area (Å²) in [7, 11) is 0. The molecule has 0 saturated carbocycles. The number of benzene rings is 1. The zero-order valence-electron chi connectivity index (χ0n) is 12.4. The Morgan fingerprint density at radius 2 is 1.91 bits per heavy atom. The van der Waals surface area contributed by atoms with E-state index in [1.165, 1.54) is 6.20 Å². The summed E-state index contributed by atoms with van der Waals surface area (Å²) in [5.74, 6) is 0.113. The fourth-order valence-corrected chi connectivity index (χ4v) is 1.75. The highest BCUT2D eigenvalue weighted by Gasteiger charge is 2.09. The molecule has 0 spiro atoms. The van der Waals surface area contributed by atoms with Gasteiger partial charge in [0, 0.05) is 17.6 Å². The van der Waals surface area contributed by atoms with E-state index in [1.807, 2.05) is 44.2 Å². The van der Waals surface area contributed by atoms with Crippen LogP contribution in [-0.4, -0.2) is 10.9 Å². The Kier molecular flexibility index (Phi) is 4.89. The van der Waals surface area contributed by atoms with E-state index in [4.69, 9.17) is 5.26 Å². The quantitative estimate of drug-likeness (QED) is 0.670. The van der Waals surface area contributed by atoms with Crippen LogP contribution in [0.1, 0.15) is 11.3 Å². The molecule has 2 rings (SSSR count). The first-order valence-electron chi connectivity index (χ1n) is 6.77. The maximum absolute atomic E-state index is 12.1. The molecule has 1 aromatic heterocycles. The van der Waals surface area contributed by atoms with Gasteiger partial charge in [0.2, 0.25) is 0 Å². The molecule has 22 heavy (non-hydrogen) atoms. The molecule has 2 N–H and O–H groups in total. The Morgan fingerprint density at radius 1 is 1.18 bits per heavy atom. The summed E-state index contributed by atoms with van der Waals surface area (Å²) >= 11 is 0. The summed E-state index contributed by atoms with van der Waals surface area (Å²) in [6.45, 7) is 3.83. The minimum absolute atomic E-state index is 0.0242. The van der Waals surface area contributed by atoms with Crippen molar-refractivity contribution in [2.75, 3.05) is 10.6 Å². The fraction of sp³-hybridized carbons (Fsp3) is 0.118. The van der Waals surface area contributed by atoms with E-state index in [0.29, 0.717) is 11.5 Å². The number of nitrogens with zero attached hydrogens (tertiary/aromatic N) is 2. The maximum atomic E-state index is 12.1. The van der Waals surface area contributed by atoms with Crippen molar-refractivity contribution in [1.29, 1.82) is 5.26 Å². The zero-order valence-corrected chi connectivity index (χ0v) is 12.4. The predicted octanol–water partition coefficient (Wildman–Crippen LogP) is 3.16. The highest BCUT2D eigenvalue weighted by Crippen LogP contribution is 2.10. The lowest BCUT2D eigenvalue weighted by atomic mass is 10.2. The van der Waals surface area contributed by atoms with Gasteiger partial charge in [-0.1, -0.05) is 23.8 Å². The van der Waals surface area contributed by atoms with Crippen LogP contribution < -0.4 is 10.6 Å². The van der Waals surface area contributed by atoms with E-state index in [1.54, 1.807) is 18.2 Å². The van der Waals surface area contributed by atoms with Gasteiger partial charge < -0.3 is 10.6 Å². The molecule has 0 atom stereocenters. The van der Waals surface area contributed by atoms with Crippen LogP contribution in [0.25, 0.3) is 0 Å². The van der Waals surface area contributed by atoms with Gasteiger partial charge in [0.15, 0.2) is 0 Å². The number of hydrogen-bond acceptors (Lipinski definition) is 4. The number of aryl methyl sites for hydroxylation is 2. The molecule has 5 nitrogen and oxygen atoms in total. The van der Waals surface area contributed by atoms with E-state index in [-0.39, 0.29) is 5.57 Å². The normalized spacial score (nSPS) is 10.7. The Bertz CT molecular complexity index is 742. The molecule has 0 aliphatic rings. The average molecular weight is 292 g/mol. The molecule has 1 amide bonds. The number of nitrogens with one attached hydrogen (secondary N) is 2. The second-order valence-electron chi connectivity index (χ2n) is 4.80. The summed E-state index contributed by atoms with van der Waals surface area (Å²) in [6.07, 6.45) is 1.35. The van der Waals surface area contributed by atoms with Gasteiger partial charge in [0.25, 0.3) is 5.91 Å². The molecular weight excluding hydrogens is 276 g/mol. The summed E-state index contributed by atoms with van der Waals surface area (Å²) < 4.78 is 0. The molecule has 110 valence electrons. The van der Waals surface area contributed by atoms with Crippen molar-refractivity contribution in [2.24, 2.45) is 0 Å². The Morgan fingerprint density at radius 3 is 2.55 bits per heavy atom. The first-order valence-corrected chi connectivity index (χ1v) is 6.77. The van der Waals surface area contributed by atoms with Crippen molar-refractivity contribution in [2.45, 2.75) is 13.8 Å². The van der Waals surface area contributed by atoms with Crippen molar-refractivity contribution >= 4 is 17.4 Å². The number of anilines is 2. The molecule has 0 aliphatic heterocycles. The smallest absolute Gasteiger partial charge is 0.267 e. The average Bonchev–Trinajstić information content (AvgIpc) is 2.50. The van der Waals surface area contributed by atoms with E-state index in [2.05, 4.69) is 15.6 Å². The number of nitriles is 1. The van der Waals surface area contributed by atoms with Gasteiger partial charge >= 0.3 is 0 Å². The van der Waals surface area contributed by atoms with Crippen molar-refractivity contribution < 1.29 is 4.79 Å². The number of pyridine rings is 1. The molecule has 0 fully saturated rings. The molecule has 2 aromatic rings. The van der Waals surface area contributed by atoms with Crippen molar-refractivity contribution in [3.63, 3.8) is 0 Å². The number of hydrogen-bond donors (Lipinski definition) is 2. The van der Waals surface area contributed by atoms with E-state index < -0.39 is 5.91 Å². The lowest BCUT2D eigenvalue weighted by Gasteiger charge is -2.05. The van der Waals surface area contributed by atoms with Crippen LogP contribution in [0.4, 0.5) is 11.5 Å². The van der Waals surface area contributed by atoms with E-state index >= 15 is 0 Å². The lowest BCUT2D eigenvalue weighted by Crippen LogP contribution is -2.14. The van der Waals surface area contributed by atoms with Gasteiger partial charge in [0.1, 0.15) is 17.5 Å². The third-order valence-electron chi connectivity index (χ3n) is 2.93. The van der Waals surface area contributed by atoms with E-state index in [9.17, 15) is 4.79 Å². The molecule has 0 unspecified atom stereocenters. The topological polar surface area (TPSA) is 77.8 Å². The molecular formula is C17H16N4O. The molecule has 0 saturated heterocycles. The van der Waals surface area contributed by atoms with Crippen LogP contribution in [0.3, 0.4) is 0 Å². The van der Waals surface area contributed by atoms with Gasteiger partial charge in [-0.2, -0.15) is 5.26 Å². The van der Waals surface area contributed by atoms with Crippen LogP contribution in [0.2, 0.25) is 0 Å². The minimum atomic E-state index is -0.466. The molecule has 0 aliphatic carbocycles. The number of rotatable bonds is 4. The zero-order chi connectivity index (χ0) is 15.9. The van der Waals surface area contributed by atoms with Crippen LogP contribution in [0.5, 0.6) is 0 Å². The molecule has 1 heterocycles. The van der Waals surface area contributed by atoms with Crippen molar-refractivity contribution in [3.8, 4) is 6.07 Å². The largest absolute Gasteiger partial charge is 0.345 e. The fourth-order valence-electron chi connectivity index (χ4n) is 1.75. The summed E-state index contributed by atoms with van der Waals surface area (Å²) in [5, 5.41) is 14.6. The third kappa shape index (κ3) is 4.18. The molecule has 0 bridgehead atoms. The SMILES string of the molecule is Cc1ccc(NC(=O)/C(C#N)=C\Nc2cccc(C)n2)cc1. The minimum Gasteiger partial charge on any atom is -0.345 e. The van der Waals surface area contributed by atoms with E-state index in [0.717, 1.165) is 11.3 Å². The summed E-state index contributed by atoms with van der Waals surface area (Å²) in [5.41, 5.74) is 2.57. The van der Waals surface area contributed by atoms with Crippen molar-refractivity contribution in [1.82, 2.24) is 4.98 Å². The predicted molar refractivity (Wildman–Crippen MR) is 86.1 cm³/mol. The molecule has 0 radical (unpaired) electrons. The summed E-state index contributed by atoms with van der Waals surface area (Å²) in [4.78, 5) is 16.3. The summed E-state index contributed by atoms with van der Waals surface area (Å²) in [6, 6.07) is 14.7. The van der Waals surface area contributed by atoms with Crippen LogP contribution in [-0.2, 0) is 4.79 Å². The van der Waals surface area contributed by atoms with Gasteiger partial charge in [-0.3, -0.25) is 4.79 Å². The van der Waals surface area contributed by atoms with Crippen LogP contribution in [0, 0.1) is 25.2 Å².